The van der Waals surface area contributed by atoms with Crippen LogP contribution in [-0.2, 0) is 21.3 Å². The van der Waals surface area contributed by atoms with E-state index in [2.05, 4.69) is 0 Å². The molecule has 1 atom stereocenters. The van der Waals surface area contributed by atoms with E-state index in [1.807, 2.05) is 6.92 Å². The van der Waals surface area contributed by atoms with Gasteiger partial charge in [-0.1, -0.05) is 32.3 Å². The molecule has 6 nitrogen and oxygen atoms in total. The Morgan fingerprint density at radius 3 is 2.58 bits per heavy atom. The van der Waals surface area contributed by atoms with E-state index in [1.54, 1.807) is 12.1 Å². The molecule has 0 fully saturated rings. The van der Waals surface area contributed by atoms with Crippen molar-refractivity contribution >= 4 is 15.9 Å². The Kier molecular flexibility index (Phi) is 8.21. The van der Waals surface area contributed by atoms with Crippen LogP contribution in [0.5, 0.6) is 11.5 Å². The summed E-state index contributed by atoms with van der Waals surface area (Å²) in [4.78, 5) is 12.1. The summed E-state index contributed by atoms with van der Waals surface area (Å²) in [6.45, 7) is 2.00. The lowest BCUT2D eigenvalue weighted by atomic mass is 10.0. The van der Waals surface area contributed by atoms with Crippen molar-refractivity contribution in [3.63, 3.8) is 0 Å². The minimum Gasteiger partial charge on any atom is -0.504 e. The zero-order valence-electron chi connectivity index (χ0n) is 14.2. The van der Waals surface area contributed by atoms with Crippen molar-refractivity contribution in [3.8, 4) is 11.5 Å². The Morgan fingerprint density at radius 2 is 2.00 bits per heavy atom. The van der Waals surface area contributed by atoms with Gasteiger partial charge in [-0.3, -0.25) is 9.35 Å². The third-order valence-electron chi connectivity index (χ3n) is 3.94. The molecule has 0 unspecified atom stereocenters. The Bertz CT molecular complexity index is 638. The smallest absolute Gasteiger partial charge is 0.268 e. The Balaban J connectivity index is 2.59. The minimum atomic E-state index is -4.21. The minimum absolute atomic E-state index is 0.0231. The molecule has 2 N–H and O–H groups in total. The number of hydrogen-bond acceptors (Lipinski definition) is 5. The molecule has 1 aromatic carbocycles. The van der Waals surface area contributed by atoms with Crippen molar-refractivity contribution < 1.29 is 27.6 Å². The van der Waals surface area contributed by atoms with Crippen molar-refractivity contribution in [3.05, 3.63) is 23.8 Å². The summed E-state index contributed by atoms with van der Waals surface area (Å²) in [5.41, 5.74) is 0.812. The molecule has 0 saturated heterocycles. The number of ether oxygens (including phenoxy) is 1. The molecule has 24 heavy (non-hydrogen) atoms. The molecule has 0 amide bonds. The van der Waals surface area contributed by atoms with Gasteiger partial charge in [0.05, 0.1) is 12.4 Å². The van der Waals surface area contributed by atoms with Crippen molar-refractivity contribution in [2.45, 2.75) is 57.1 Å². The topological polar surface area (TPSA) is 101 Å². The number of methoxy groups -OCH3 is 1. The van der Waals surface area contributed by atoms with Gasteiger partial charge < -0.3 is 9.84 Å². The summed E-state index contributed by atoms with van der Waals surface area (Å²) in [5, 5.41) is 8.51. The second kappa shape index (κ2) is 9.64. The second-order valence-corrected chi connectivity index (χ2v) is 7.58. The van der Waals surface area contributed by atoms with Crippen LogP contribution in [0, 0.1) is 0 Å². The first-order valence-electron chi connectivity index (χ1n) is 8.11. The maximum absolute atomic E-state index is 12.1. The number of aryl methyl sites for hydroxylation is 1. The maximum atomic E-state index is 12.1. The predicted octanol–water partition coefficient (Wildman–Crippen LogP) is 3.13. The van der Waals surface area contributed by atoms with Crippen molar-refractivity contribution in [1.29, 1.82) is 0 Å². The quantitative estimate of drug-likeness (QED) is 0.465. The van der Waals surface area contributed by atoms with Crippen LogP contribution in [0.1, 0.15) is 51.0 Å². The van der Waals surface area contributed by atoms with Gasteiger partial charge in [0.15, 0.2) is 11.5 Å². The number of rotatable bonds is 11. The van der Waals surface area contributed by atoms with Gasteiger partial charge in [0.2, 0.25) is 0 Å². The van der Waals surface area contributed by atoms with Gasteiger partial charge in [-0.25, -0.2) is 0 Å². The van der Waals surface area contributed by atoms with Crippen LogP contribution in [0.2, 0.25) is 0 Å². The van der Waals surface area contributed by atoms with Crippen molar-refractivity contribution in [1.82, 2.24) is 0 Å². The average molecular weight is 358 g/mol. The number of phenolic OH excluding ortho intramolecular Hbond substituents is 1. The van der Waals surface area contributed by atoms with Crippen LogP contribution >= 0.6 is 0 Å². The fourth-order valence-corrected chi connectivity index (χ4v) is 3.36. The first-order valence-corrected chi connectivity index (χ1v) is 9.62. The van der Waals surface area contributed by atoms with Gasteiger partial charge >= 0.3 is 0 Å². The summed E-state index contributed by atoms with van der Waals surface area (Å²) in [6, 6.07) is 4.82. The van der Waals surface area contributed by atoms with Crippen LogP contribution in [0.3, 0.4) is 0 Å². The normalized spacial score (nSPS) is 12.8. The highest BCUT2D eigenvalue weighted by Gasteiger charge is 2.25. The molecule has 0 radical (unpaired) electrons. The molecule has 0 heterocycles. The molecule has 0 aliphatic carbocycles. The summed E-state index contributed by atoms with van der Waals surface area (Å²) in [7, 11) is -2.77. The largest absolute Gasteiger partial charge is 0.504 e. The standard InChI is InChI=1S/C17H26O6S/c1-3-4-5-6-15(24(20,21)22)12-14(18)9-7-13-8-10-16(19)17(11-13)23-2/h8,10-11,15,19H,3-7,9,12H2,1-2H3,(H,20,21,22)/t15-/m1/s1. The summed E-state index contributed by atoms with van der Waals surface area (Å²) >= 11 is 0. The molecule has 0 aliphatic rings. The van der Waals surface area contributed by atoms with Crippen molar-refractivity contribution in [2.24, 2.45) is 0 Å². The first-order chi connectivity index (χ1) is 11.3. The van der Waals surface area contributed by atoms with Gasteiger partial charge in [0.1, 0.15) is 5.78 Å². The molecular formula is C17H26O6S. The van der Waals surface area contributed by atoms with Crippen LogP contribution < -0.4 is 4.74 Å². The summed E-state index contributed by atoms with van der Waals surface area (Å²) in [6.07, 6.45) is 3.20. The van der Waals surface area contributed by atoms with E-state index in [0.29, 0.717) is 25.0 Å². The fourth-order valence-electron chi connectivity index (χ4n) is 2.50. The van der Waals surface area contributed by atoms with Crippen LogP contribution in [0.25, 0.3) is 0 Å². The number of Topliss-reactive ketones (excluding diaryl/α,β-unsaturated/α-hetero) is 1. The van der Waals surface area contributed by atoms with E-state index in [-0.39, 0.29) is 24.4 Å². The molecule has 0 spiro atoms. The molecule has 0 bridgehead atoms. The lowest BCUT2D eigenvalue weighted by Crippen LogP contribution is -2.24. The molecule has 1 rings (SSSR count). The van der Waals surface area contributed by atoms with Crippen LogP contribution in [0.4, 0.5) is 0 Å². The zero-order chi connectivity index (χ0) is 18.2. The number of ketones is 1. The van der Waals surface area contributed by atoms with Gasteiger partial charge in [0, 0.05) is 12.8 Å². The fraction of sp³-hybridized carbons (Fsp3) is 0.588. The van der Waals surface area contributed by atoms with E-state index in [9.17, 15) is 22.9 Å². The molecular weight excluding hydrogens is 332 g/mol. The van der Waals surface area contributed by atoms with Gasteiger partial charge in [-0.2, -0.15) is 8.42 Å². The van der Waals surface area contributed by atoms with Crippen LogP contribution in [0.15, 0.2) is 18.2 Å². The number of benzene rings is 1. The molecule has 7 heteroatoms. The monoisotopic (exact) mass is 358 g/mol. The number of carbonyl (C=O) groups is 1. The molecule has 0 aliphatic heterocycles. The number of aromatic hydroxyl groups is 1. The van der Waals surface area contributed by atoms with E-state index in [0.717, 1.165) is 18.4 Å². The molecule has 1 aromatic rings. The molecule has 0 aromatic heterocycles. The van der Waals surface area contributed by atoms with E-state index in [4.69, 9.17) is 4.74 Å². The Morgan fingerprint density at radius 1 is 1.29 bits per heavy atom. The average Bonchev–Trinajstić information content (AvgIpc) is 2.52. The Labute approximate surface area is 143 Å². The van der Waals surface area contributed by atoms with E-state index >= 15 is 0 Å². The number of phenols is 1. The zero-order valence-corrected chi connectivity index (χ0v) is 15.0. The number of unbranched alkanes of at least 4 members (excludes halogenated alkanes) is 2. The number of carbonyl (C=O) groups excluding carboxylic acids is 1. The third-order valence-corrected chi connectivity index (χ3v) is 5.19. The number of hydrogen-bond donors (Lipinski definition) is 2. The summed E-state index contributed by atoms with van der Waals surface area (Å²) in [5.74, 6) is 0.145. The van der Waals surface area contributed by atoms with Gasteiger partial charge in [0.25, 0.3) is 10.1 Å². The third kappa shape index (κ3) is 6.88. The van der Waals surface area contributed by atoms with Crippen LogP contribution in [-0.4, -0.2) is 36.2 Å². The lowest BCUT2D eigenvalue weighted by molar-refractivity contribution is -0.119. The molecule has 0 saturated carbocycles. The van der Waals surface area contributed by atoms with Gasteiger partial charge in [-0.15, -0.1) is 0 Å². The van der Waals surface area contributed by atoms with Crippen molar-refractivity contribution in [2.75, 3.05) is 7.11 Å². The molecule has 136 valence electrons. The second-order valence-electron chi connectivity index (χ2n) is 5.88. The lowest BCUT2D eigenvalue weighted by Gasteiger charge is -2.13. The Hall–Kier alpha value is -1.60. The first kappa shape index (κ1) is 20.4. The SMILES string of the molecule is CCCCC[C@H](CC(=O)CCc1ccc(O)c(OC)c1)S(=O)(=O)O. The predicted molar refractivity (Wildman–Crippen MR) is 92.1 cm³/mol. The highest BCUT2D eigenvalue weighted by atomic mass is 32.2. The highest BCUT2D eigenvalue weighted by molar-refractivity contribution is 7.86. The van der Waals surface area contributed by atoms with E-state index in [1.165, 1.54) is 13.2 Å². The van der Waals surface area contributed by atoms with Gasteiger partial charge in [-0.05, 0) is 30.5 Å². The maximum Gasteiger partial charge on any atom is 0.268 e. The van der Waals surface area contributed by atoms with E-state index < -0.39 is 15.4 Å². The summed E-state index contributed by atoms with van der Waals surface area (Å²) < 4.78 is 37.1. The highest BCUT2D eigenvalue weighted by Crippen LogP contribution is 2.27.